The fourth-order valence-electron chi connectivity index (χ4n) is 1.25. The van der Waals surface area contributed by atoms with E-state index in [1.165, 1.54) is 0 Å². The highest BCUT2D eigenvalue weighted by molar-refractivity contribution is 7.09. The number of carboxylic acids is 1. The van der Waals surface area contributed by atoms with Gasteiger partial charge in [0.1, 0.15) is 0 Å². The van der Waals surface area contributed by atoms with Crippen molar-refractivity contribution in [2.75, 3.05) is 0 Å². The van der Waals surface area contributed by atoms with Crippen LogP contribution >= 0.6 is 11.3 Å². The largest absolute Gasteiger partial charge is 0.479 e. The van der Waals surface area contributed by atoms with Gasteiger partial charge in [-0.25, -0.2) is 4.79 Å². The second-order valence-corrected chi connectivity index (χ2v) is 4.39. The van der Waals surface area contributed by atoms with Gasteiger partial charge in [-0.3, -0.25) is 0 Å². The average Bonchev–Trinajstić information content (AvgIpc) is 2.70. The molecule has 1 atom stereocenters. The maximum absolute atomic E-state index is 10.8. The number of thiophene rings is 1. The highest BCUT2D eigenvalue weighted by atomic mass is 32.1. The Morgan fingerprint density at radius 1 is 1.67 bits per heavy atom. The molecule has 4 heteroatoms. The molecule has 3 nitrogen and oxygen atoms in total. The molecule has 1 rings (SSSR count). The van der Waals surface area contributed by atoms with Gasteiger partial charge in [0, 0.05) is 4.88 Å². The lowest BCUT2D eigenvalue weighted by molar-refractivity contribution is -0.151. The van der Waals surface area contributed by atoms with Gasteiger partial charge in [0.05, 0.1) is 6.61 Å². The first-order chi connectivity index (χ1) is 7.24. The number of ether oxygens (including phenoxy) is 1. The van der Waals surface area contributed by atoms with Crippen LogP contribution in [0.3, 0.4) is 0 Å². The molecule has 1 N–H and O–H groups in total. The van der Waals surface area contributed by atoms with Crippen LogP contribution in [0.1, 0.15) is 31.1 Å². The molecule has 0 amide bonds. The quantitative estimate of drug-likeness (QED) is 0.780. The molecule has 0 aliphatic rings. The third kappa shape index (κ3) is 4.44. The van der Waals surface area contributed by atoms with Crippen molar-refractivity contribution in [3.8, 4) is 0 Å². The van der Waals surface area contributed by atoms with Gasteiger partial charge in [-0.15, -0.1) is 11.3 Å². The normalized spacial score (nSPS) is 12.6. The zero-order valence-corrected chi connectivity index (χ0v) is 9.63. The van der Waals surface area contributed by atoms with Crippen molar-refractivity contribution < 1.29 is 14.6 Å². The van der Waals surface area contributed by atoms with Crippen molar-refractivity contribution in [2.45, 2.75) is 38.9 Å². The Bertz CT molecular complexity index is 282. The van der Waals surface area contributed by atoms with Crippen LogP contribution in [0.4, 0.5) is 0 Å². The number of rotatable bonds is 7. The van der Waals surface area contributed by atoms with E-state index in [1.54, 1.807) is 11.3 Å². The molecule has 1 aromatic rings. The summed E-state index contributed by atoms with van der Waals surface area (Å²) in [4.78, 5) is 11.9. The van der Waals surface area contributed by atoms with Gasteiger partial charge < -0.3 is 9.84 Å². The van der Waals surface area contributed by atoms with Crippen LogP contribution in [-0.4, -0.2) is 17.2 Å². The van der Waals surface area contributed by atoms with Crippen LogP contribution in [-0.2, 0) is 16.1 Å². The Morgan fingerprint density at radius 2 is 2.47 bits per heavy atom. The minimum absolute atomic E-state index is 0.401. The molecule has 0 aromatic carbocycles. The van der Waals surface area contributed by atoms with Crippen molar-refractivity contribution in [1.82, 2.24) is 0 Å². The van der Waals surface area contributed by atoms with E-state index in [1.807, 2.05) is 24.4 Å². The van der Waals surface area contributed by atoms with Crippen molar-refractivity contribution in [2.24, 2.45) is 0 Å². The van der Waals surface area contributed by atoms with Crippen LogP contribution in [0.25, 0.3) is 0 Å². The molecule has 0 aliphatic carbocycles. The second kappa shape index (κ2) is 6.58. The number of carboxylic acid groups (broad SMARTS) is 1. The SMILES string of the molecule is CCCCC(OCc1cccs1)C(=O)O. The number of hydrogen-bond acceptors (Lipinski definition) is 3. The summed E-state index contributed by atoms with van der Waals surface area (Å²) in [5.74, 6) is -0.861. The molecule has 15 heavy (non-hydrogen) atoms. The zero-order valence-electron chi connectivity index (χ0n) is 8.81. The minimum atomic E-state index is -0.861. The summed E-state index contributed by atoms with van der Waals surface area (Å²) < 4.78 is 5.36. The van der Waals surface area contributed by atoms with E-state index in [4.69, 9.17) is 9.84 Å². The zero-order chi connectivity index (χ0) is 11.1. The van der Waals surface area contributed by atoms with Gasteiger partial charge in [-0.2, -0.15) is 0 Å². The van der Waals surface area contributed by atoms with E-state index in [0.29, 0.717) is 13.0 Å². The molecule has 0 radical (unpaired) electrons. The Kier molecular flexibility index (Phi) is 5.36. The molecular weight excluding hydrogens is 212 g/mol. The molecule has 0 saturated carbocycles. The van der Waals surface area contributed by atoms with Gasteiger partial charge in [0.2, 0.25) is 0 Å². The lowest BCUT2D eigenvalue weighted by Crippen LogP contribution is -2.23. The predicted molar refractivity (Wildman–Crippen MR) is 60.1 cm³/mol. The summed E-state index contributed by atoms with van der Waals surface area (Å²) in [5, 5.41) is 10.9. The monoisotopic (exact) mass is 228 g/mol. The predicted octanol–water partition coefficient (Wildman–Crippen LogP) is 2.91. The standard InChI is InChI=1S/C11H16O3S/c1-2-3-6-10(11(12)13)14-8-9-5-4-7-15-9/h4-5,7,10H,2-3,6,8H2,1H3,(H,12,13). The molecule has 0 saturated heterocycles. The topological polar surface area (TPSA) is 46.5 Å². The fraction of sp³-hybridized carbons (Fsp3) is 0.545. The molecule has 1 heterocycles. The molecule has 84 valence electrons. The highest BCUT2D eigenvalue weighted by Gasteiger charge is 2.17. The van der Waals surface area contributed by atoms with Gasteiger partial charge >= 0.3 is 5.97 Å². The third-order valence-electron chi connectivity index (χ3n) is 2.10. The van der Waals surface area contributed by atoms with Crippen LogP contribution in [0.15, 0.2) is 17.5 Å². The van der Waals surface area contributed by atoms with E-state index in [-0.39, 0.29) is 0 Å². The van der Waals surface area contributed by atoms with Crippen LogP contribution in [0.5, 0.6) is 0 Å². The molecule has 0 aliphatic heterocycles. The maximum Gasteiger partial charge on any atom is 0.332 e. The maximum atomic E-state index is 10.8. The summed E-state index contributed by atoms with van der Waals surface area (Å²) >= 11 is 1.58. The summed E-state index contributed by atoms with van der Waals surface area (Å²) in [6, 6.07) is 3.88. The van der Waals surface area contributed by atoms with Gasteiger partial charge in [-0.05, 0) is 17.9 Å². The van der Waals surface area contributed by atoms with Crippen LogP contribution < -0.4 is 0 Å². The van der Waals surface area contributed by atoms with Gasteiger partial charge in [-0.1, -0.05) is 25.8 Å². The highest BCUT2D eigenvalue weighted by Crippen LogP contribution is 2.13. The van der Waals surface area contributed by atoms with Crippen molar-refractivity contribution in [3.05, 3.63) is 22.4 Å². The Hall–Kier alpha value is -0.870. The number of unbranched alkanes of at least 4 members (excludes halogenated alkanes) is 1. The first-order valence-corrected chi connectivity index (χ1v) is 5.98. The summed E-state index contributed by atoms with van der Waals surface area (Å²) in [6.45, 7) is 2.44. The fourth-order valence-corrected chi connectivity index (χ4v) is 1.87. The van der Waals surface area contributed by atoms with Gasteiger partial charge in [0.25, 0.3) is 0 Å². The molecule has 1 unspecified atom stereocenters. The Labute approximate surface area is 93.7 Å². The van der Waals surface area contributed by atoms with Crippen molar-refractivity contribution in [3.63, 3.8) is 0 Å². The lowest BCUT2D eigenvalue weighted by atomic mass is 10.1. The summed E-state index contributed by atoms with van der Waals surface area (Å²) in [5.41, 5.74) is 0. The Morgan fingerprint density at radius 3 is 3.00 bits per heavy atom. The van der Waals surface area contributed by atoms with Gasteiger partial charge in [0.15, 0.2) is 6.10 Å². The summed E-state index contributed by atoms with van der Waals surface area (Å²) in [7, 11) is 0. The first kappa shape index (κ1) is 12.2. The summed E-state index contributed by atoms with van der Waals surface area (Å²) in [6.07, 6.45) is 1.82. The lowest BCUT2D eigenvalue weighted by Gasteiger charge is -2.12. The minimum Gasteiger partial charge on any atom is -0.479 e. The van der Waals surface area contributed by atoms with E-state index in [0.717, 1.165) is 17.7 Å². The number of carbonyl (C=O) groups is 1. The smallest absolute Gasteiger partial charge is 0.332 e. The first-order valence-electron chi connectivity index (χ1n) is 5.10. The average molecular weight is 228 g/mol. The molecule has 0 spiro atoms. The Balaban J connectivity index is 2.34. The molecular formula is C11H16O3S. The third-order valence-corrected chi connectivity index (χ3v) is 2.95. The number of aliphatic carboxylic acids is 1. The van der Waals surface area contributed by atoms with E-state index < -0.39 is 12.1 Å². The number of hydrogen-bond donors (Lipinski definition) is 1. The van der Waals surface area contributed by atoms with Crippen LogP contribution in [0.2, 0.25) is 0 Å². The van der Waals surface area contributed by atoms with Crippen molar-refractivity contribution >= 4 is 17.3 Å². The van der Waals surface area contributed by atoms with E-state index >= 15 is 0 Å². The van der Waals surface area contributed by atoms with Crippen LogP contribution in [0, 0.1) is 0 Å². The van der Waals surface area contributed by atoms with E-state index in [2.05, 4.69) is 0 Å². The van der Waals surface area contributed by atoms with Crippen molar-refractivity contribution in [1.29, 1.82) is 0 Å². The van der Waals surface area contributed by atoms with E-state index in [9.17, 15) is 4.79 Å². The molecule has 0 bridgehead atoms. The molecule has 0 fully saturated rings. The second-order valence-electron chi connectivity index (χ2n) is 3.36. The molecule has 1 aromatic heterocycles.